The van der Waals surface area contributed by atoms with E-state index in [2.05, 4.69) is 29.0 Å². The summed E-state index contributed by atoms with van der Waals surface area (Å²) >= 11 is 0. The van der Waals surface area contributed by atoms with E-state index in [9.17, 15) is 5.11 Å². The molecule has 21 heavy (non-hydrogen) atoms. The summed E-state index contributed by atoms with van der Waals surface area (Å²) in [7, 11) is 1.91. The summed E-state index contributed by atoms with van der Waals surface area (Å²) in [5.41, 5.74) is 1.12. The fourth-order valence-electron chi connectivity index (χ4n) is 3.03. The van der Waals surface area contributed by atoms with Crippen molar-refractivity contribution in [1.29, 1.82) is 0 Å². The topological polar surface area (TPSA) is 61.3 Å². The molecule has 1 atom stereocenters. The Labute approximate surface area is 127 Å². The molecule has 1 unspecified atom stereocenters. The zero-order valence-electron chi connectivity index (χ0n) is 13.7. The first-order valence-corrected chi connectivity index (χ1v) is 8.05. The standard InChI is InChI=1S/C16H28N4O/c1-5-6-14-18-15(17-4)11(2)16(19-14)20-9-7-13(8-10-20)12(3)21/h12-13,21H,5-10H2,1-4H3,(H,17,18,19). The van der Waals surface area contributed by atoms with Crippen LogP contribution in [0.25, 0.3) is 0 Å². The van der Waals surface area contributed by atoms with Gasteiger partial charge in [0.05, 0.1) is 6.10 Å². The van der Waals surface area contributed by atoms with Crippen molar-refractivity contribution in [1.82, 2.24) is 9.97 Å². The fraction of sp³-hybridized carbons (Fsp3) is 0.750. The molecule has 0 saturated carbocycles. The maximum Gasteiger partial charge on any atom is 0.137 e. The van der Waals surface area contributed by atoms with Crippen molar-refractivity contribution in [3.63, 3.8) is 0 Å². The Balaban J connectivity index is 2.21. The lowest BCUT2D eigenvalue weighted by Crippen LogP contribution is -2.38. The number of piperidine rings is 1. The average molecular weight is 292 g/mol. The number of aryl methyl sites for hydroxylation is 1. The normalized spacial score (nSPS) is 17.9. The second kappa shape index (κ2) is 7.07. The van der Waals surface area contributed by atoms with Gasteiger partial charge in [-0.25, -0.2) is 9.97 Å². The van der Waals surface area contributed by atoms with Crippen molar-refractivity contribution >= 4 is 11.6 Å². The quantitative estimate of drug-likeness (QED) is 0.872. The number of aliphatic hydroxyl groups is 1. The zero-order chi connectivity index (χ0) is 15.4. The summed E-state index contributed by atoms with van der Waals surface area (Å²) in [5.74, 6) is 3.32. The summed E-state index contributed by atoms with van der Waals surface area (Å²) in [5, 5.41) is 12.9. The molecule has 0 aromatic carbocycles. The molecule has 2 heterocycles. The highest BCUT2D eigenvalue weighted by Gasteiger charge is 2.25. The Morgan fingerprint density at radius 1 is 1.33 bits per heavy atom. The van der Waals surface area contributed by atoms with E-state index in [1.807, 2.05) is 14.0 Å². The van der Waals surface area contributed by atoms with Crippen LogP contribution in [-0.4, -0.2) is 41.3 Å². The molecule has 1 aromatic rings. The monoisotopic (exact) mass is 292 g/mol. The first kappa shape index (κ1) is 16.0. The minimum absolute atomic E-state index is 0.206. The van der Waals surface area contributed by atoms with Crippen molar-refractivity contribution in [3.05, 3.63) is 11.4 Å². The lowest BCUT2D eigenvalue weighted by Gasteiger charge is -2.35. The van der Waals surface area contributed by atoms with Crippen LogP contribution in [0.1, 0.15) is 44.5 Å². The number of anilines is 2. The first-order valence-electron chi connectivity index (χ1n) is 8.05. The molecule has 1 aliphatic rings. The van der Waals surface area contributed by atoms with Crippen molar-refractivity contribution in [2.75, 3.05) is 30.4 Å². The molecule has 0 amide bonds. The third-order valence-corrected chi connectivity index (χ3v) is 4.40. The van der Waals surface area contributed by atoms with Crippen LogP contribution in [0.15, 0.2) is 0 Å². The van der Waals surface area contributed by atoms with Crippen LogP contribution in [0.3, 0.4) is 0 Å². The van der Waals surface area contributed by atoms with E-state index >= 15 is 0 Å². The molecule has 0 radical (unpaired) electrons. The van der Waals surface area contributed by atoms with Crippen LogP contribution in [0.4, 0.5) is 11.6 Å². The van der Waals surface area contributed by atoms with E-state index in [1.165, 1.54) is 0 Å². The molecular formula is C16H28N4O. The van der Waals surface area contributed by atoms with Gasteiger partial charge in [0.1, 0.15) is 17.5 Å². The summed E-state index contributed by atoms with van der Waals surface area (Å²) in [6.45, 7) is 8.05. The highest BCUT2D eigenvalue weighted by Crippen LogP contribution is 2.29. The number of nitrogens with one attached hydrogen (secondary N) is 1. The van der Waals surface area contributed by atoms with Gasteiger partial charge in [0.2, 0.25) is 0 Å². The van der Waals surface area contributed by atoms with E-state index in [4.69, 9.17) is 4.98 Å². The van der Waals surface area contributed by atoms with E-state index < -0.39 is 0 Å². The number of hydrogen-bond donors (Lipinski definition) is 2. The largest absolute Gasteiger partial charge is 0.393 e. The molecule has 0 aliphatic carbocycles. The van der Waals surface area contributed by atoms with Gasteiger partial charge in [0, 0.05) is 32.1 Å². The number of aliphatic hydroxyl groups excluding tert-OH is 1. The Hall–Kier alpha value is -1.36. The van der Waals surface area contributed by atoms with Crippen LogP contribution in [0.2, 0.25) is 0 Å². The van der Waals surface area contributed by atoms with Gasteiger partial charge in [0.25, 0.3) is 0 Å². The molecule has 1 aliphatic heterocycles. The second-order valence-electron chi connectivity index (χ2n) is 6.00. The Kier molecular flexibility index (Phi) is 5.39. The summed E-state index contributed by atoms with van der Waals surface area (Å²) in [4.78, 5) is 11.7. The molecule has 5 nitrogen and oxygen atoms in total. The molecule has 2 rings (SSSR count). The van der Waals surface area contributed by atoms with Gasteiger partial charge in [-0.3, -0.25) is 0 Å². The third kappa shape index (κ3) is 3.64. The minimum Gasteiger partial charge on any atom is -0.393 e. The molecule has 5 heteroatoms. The number of nitrogens with zero attached hydrogens (tertiary/aromatic N) is 3. The van der Waals surface area contributed by atoms with Crippen molar-refractivity contribution in [2.24, 2.45) is 5.92 Å². The molecule has 2 N–H and O–H groups in total. The Bertz CT molecular complexity index is 468. The van der Waals surface area contributed by atoms with Gasteiger partial charge in [-0.15, -0.1) is 0 Å². The lowest BCUT2D eigenvalue weighted by molar-refractivity contribution is 0.109. The predicted molar refractivity (Wildman–Crippen MR) is 86.9 cm³/mol. The number of rotatable bonds is 5. The highest BCUT2D eigenvalue weighted by molar-refractivity contribution is 5.58. The predicted octanol–water partition coefficient (Wildman–Crippen LogP) is 2.38. The summed E-state index contributed by atoms with van der Waals surface area (Å²) < 4.78 is 0. The van der Waals surface area contributed by atoms with E-state index in [1.54, 1.807) is 0 Å². The van der Waals surface area contributed by atoms with Crippen molar-refractivity contribution in [2.45, 2.75) is 52.6 Å². The van der Waals surface area contributed by atoms with Gasteiger partial charge in [0.15, 0.2) is 0 Å². The first-order chi connectivity index (χ1) is 10.1. The third-order valence-electron chi connectivity index (χ3n) is 4.40. The Morgan fingerprint density at radius 2 is 2.00 bits per heavy atom. The van der Waals surface area contributed by atoms with Crippen LogP contribution in [0, 0.1) is 12.8 Å². The highest BCUT2D eigenvalue weighted by atomic mass is 16.3. The Morgan fingerprint density at radius 3 is 2.52 bits per heavy atom. The van der Waals surface area contributed by atoms with Crippen LogP contribution < -0.4 is 10.2 Å². The van der Waals surface area contributed by atoms with Crippen LogP contribution in [-0.2, 0) is 6.42 Å². The van der Waals surface area contributed by atoms with Crippen molar-refractivity contribution < 1.29 is 5.11 Å². The van der Waals surface area contributed by atoms with Crippen LogP contribution in [0.5, 0.6) is 0 Å². The molecule has 1 fully saturated rings. The van der Waals surface area contributed by atoms with Gasteiger partial charge in [-0.1, -0.05) is 6.92 Å². The number of aromatic nitrogens is 2. The van der Waals surface area contributed by atoms with Gasteiger partial charge in [-0.05, 0) is 39.0 Å². The zero-order valence-corrected chi connectivity index (χ0v) is 13.7. The minimum atomic E-state index is -0.206. The van der Waals surface area contributed by atoms with Gasteiger partial charge >= 0.3 is 0 Å². The molecule has 0 bridgehead atoms. The summed E-state index contributed by atoms with van der Waals surface area (Å²) in [6.07, 6.45) is 3.81. The average Bonchev–Trinajstić information content (AvgIpc) is 2.49. The molecular weight excluding hydrogens is 264 g/mol. The van der Waals surface area contributed by atoms with Crippen LogP contribution >= 0.6 is 0 Å². The van der Waals surface area contributed by atoms with E-state index in [0.29, 0.717) is 5.92 Å². The second-order valence-corrected chi connectivity index (χ2v) is 6.00. The number of hydrogen-bond acceptors (Lipinski definition) is 5. The molecule has 1 saturated heterocycles. The fourth-order valence-corrected chi connectivity index (χ4v) is 3.03. The maximum atomic E-state index is 9.73. The van der Waals surface area contributed by atoms with E-state index in [-0.39, 0.29) is 6.10 Å². The van der Waals surface area contributed by atoms with Crippen molar-refractivity contribution in [3.8, 4) is 0 Å². The van der Waals surface area contributed by atoms with Gasteiger partial charge < -0.3 is 15.3 Å². The van der Waals surface area contributed by atoms with E-state index in [0.717, 1.165) is 61.8 Å². The molecule has 1 aromatic heterocycles. The summed E-state index contributed by atoms with van der Waals surface area (Å²) in [6, 6.07) is 0. The maximum absolute atomic E-state index is 9.73. The molecule has 0 spiro atoms. The van der Waals surface area contributed by atoms with Gasteiger partial charge in [-0.2, -0.15) is 0 Å². The molecule has 118 valence electrons. The SMILES string of the molecule is CCCc1nc(NC)c(C)c(N2CCC(C(C)O)CC2)n1. The smallest absolute Gasteiger partial charge is 0.137 e. The lowest BCUT2D eigenvalue weighted by atomic mass is 9.92.